The van der Waals surface area contributed by atoms with Crippen molar-refractivity contribution in [2.45, 2.75) is 17.7 Å². The smallest absolute Gasteiger partial charge is 0.271 e. The Bertz CT molecular complexity index is 1090. The molecule has 29 heavy (non-hydrogen) atoms. The molecular weight excluding hydrogens is 390 g/mol. The van der Waals surface area contributed by atoms with Gasteiger partial charge in [0.2, 0.25) is 0 Å². The third-order valence-corrected chi connectivity index (χ3v) is 6.58. The summed E-state index contributed by atoms with van der Waals surface area (Å²) < 4.78 is 32.9. The van der Waals surface area contributed by atoms with Crippen LogP contribution in [-0.4, -0.2) is 27.1 Å². The Morgan fingerprint density at radius 3 is 2.69 bits per heavy atom. The number of nitrogens with one attached hydrogen (secondary N) is 2. The Morgan fingerprint density at radius 1 is 1.17 bits per heavy atom. The van der Waals surface area contributed by atoms with Crippen LogP contribution in [-0.2, 0) is 10.0 Å². The van der Waals surface area contributed by atoms with Crippen molar-refractivity contribution < 1.29 is 17.9 Å². The van der Waals surface area contributed by atoms with Crippen molar-refractivity contribution in [2.24, 2.45) is 16.9 Å². The summed E-state index contributed by atoms with van der Waals surface area (Å²) in [6.07, 6.45) is 6.22. The number of amides is 1. The molecule has 8 heteroatoms. The second-order valence-electron chi connectivity index (χ2n) is 7.06. The Morgan fingerprint density at radius 2 is 1.97 bits per heavy atom. The van der Waals surface area contributed by atoms with Crippen LogP contribution in [0.5, 0.6) is 5.75 Å². The summed E-state index contributed by atoms with van der Waals surface area (Å²) in [6, 6.07) is 12.4. The van der Waals surface area contributed by atoms with Crippen LogP contribution in [0.4, 0.5) is 5.69 Å². The lowest BCUT2D eigenvalue weighted by atomic mass is 9.74. The van der Waals surface area contributed by atoms with E-state index in [-0.39, 0.29) is 10.5 Å². The second kappa shape index (κ2) is 7.71. The van der Waals surface area contributed by atoms with E-state index in [0.29, 0.717) is 23.3 Å². The third kappa shape index (κ3) is 4.02. The zero-order chi connectivity index (χ0) is 20.4. The Labute approximate surface area is 169 Å². The largest absolute Gasteiger partial charge is 0.497 e. The molecule has 150 valence electrons. The van der Waals surface area contributed by atoms with Crippen LogP contribution in [0.25, 0.3) is 0 Å². The summed E-state index contributed by atoms with van der Waals surface area (Å²) in [5.74, 6) is 1.13. The molecule has 0 bridgehead atoms. The van der Waals surface area contributed by atoms with Gasteiger partial charge in [0.1, 0.15) is 5.75 Å². The zero-order valence-corrected chi connectivity index (χ0v) is 16.6. The first-order valence-electron chi connectivity index (χ1n) is 9.26. The van der Waals surface area contributed by atoms with Gasteiger partial charge in [-0.1, -0.05) is 18.2 Å². The maximum atomic E-state index is 12.7. The van der Waals surface area contributed by atoms with Crippen LogP contribution >= 0.6 is 0 Å². The van der Waals surface area contributed by atoms with Crippen molar-refractivity contribution in [3.63, 3.8) is 0 Å². The van der Waals surface area contributed by atoms with Gasteiger partial charge in [0, 0.05) is 22.9 Å². The standard InChI is InChI=1S/C21H21N3O4S/c1-28-17-10-8-16(9-11-17)24-29(26,27)18-6-2-5-15(12-18)21(25)23-22-20-13-14-4-3-7-19(14)20/h2-3,5-12,14,19,24H,4,13H2,1H3,(H,23,25)/b22-20-/t14-,19+/m1/s1. The SMILES string of the molecule is COc1ccc(NS(=O)(=O)c2cccc(C(=O)N/N=C3/C[C@H]4CC=C[C@H]34)c2)cc1. The van der Waals surface area contributed by atoms with E-state index in [0.717, 1.165) is 18.6 Å². The van der Waals surface area contributed by atoms with E-state index in [1.54, 1.807) is 30.3 Å². The number of anilines is 1. The molecule has 0 aliphatic heterocycles. The maximum Gasteiger partial charge on any atom is 0.271 e. The summed E-state index contributed by atoms with van der Waals surface area (Å²) in [6.45, 7) is 0. The number of allylic oxidation sites excluding steroid dienone is 2. The molecule has 0 radical (unpaired) electrons. The fourth-order valence-corrected chi connectivity index (χ4v) is 4.63. The minimum Gasteiger partial charge on any atom is -0.497 e. The van der Waals surface area contributed by atoms with Crippen molar-refractivity contribution in [1.29, 1.82) is 0 Å². The van der Waals surface area contributed by atoms with Gasteiger partial charge in [0.05, 0.1) is 12.0 Å². The number of hydrazone groups is 1. The van der Waals surface area contributed by atoms with Gasteiger partial charge in [0.15, 0.2) is 0 Å². The molecule has 1 fully saturated rings. The number of sulfonamides is 1. The molecular formula is C21H21N3O4S. The van der Waals surface area contributed by atoms with Gasteiger partial charge in [-0.15, -0.1) is 0 Å². The van der Waals surface area contributed by atoms with Crippen LogP contribution in [0.2, 0.25) is 0 Å². The Hall–Kier alpha value is -3.13. The predicted octanol–water partition coefficient (Wildman–Crippen LogP) is 3.18. The normalized spacial score (nSPS) is 21.3. The van der Waals surface area contributed by atoms with Crippen molar-refractivity contribution >= 4 is 27.3 Å². The van der Waals surface area contributed by atoms with E-state index in [1.807, 2.05) is 0 Å². The van der Waals surface area contributed by atoms with Crippen LogP contribution in [0.1, 0.15) is 23.2 Å². The molecule has 4 rings (SSSR count). The number of hydrogen-bond acceptors (Lipinski definition) is 5. The Kier molecular flexibility index (Phi) is 5.10. The third-order valence-electron chi connectivity index (χ3n) is 5.20. The lowest BCUT2D eigenvalue weighted by Crippen LogP contribution is -2.35. The first-order valence-corrected chi connectivity index (χ1v) is 10.7. The van der Waals surface area contributed by atoms with Gasteiger partial charge in [-0.2, -0.15) is 5.10 Å². The van der Waals surface area contributed by atoms with Crippen molar-refractivity contribution in [3.05, 3.63) is 66.2 Å². The van der Waals surface area contributed by atoms with Crippen molar-refractivity contribution in [1.82, 2.24) is 5.43 Å². The molecule has 2 aliphatic carbocycles. The average Bonchev–Trinajstić information content (AvgIpc) is 3.09. The number of fused-ring (bicyclic) bond motifs is 1. The minimum absolute atomic E-state index is 0.00365. The first kappa shape index (κ1) is 19.2. The molecule has 0 saturated heterocycles. The minimum atomic E-state index is -3.84. The van der Waals surface area contributed by atoms with Crippen LogP contribution in [0.15, 0.2) is 70.7 Å². The topological polar surface area (TPSA) is 96.9 Å². The van der Waals surface area contributed by atoms with E-state index in [9.17, 15) is 13.2 Å². The van der Waals surface area contributed by atoms with Gasteiger partial charge < -0.3 is 4.74 Å². The number of methoxy groups -OCH3 is 1. The molecule has 1 amide bonds. The van der Waals surface area contributed by atoms with E-state index < -0.39 is 15.9 Å². The molecule has 0 heterocycles. The monoisotopic (exact) mass is 411 g/mol. The molecule has 1 saturated carbocycles. The number of ether oxygens (including phenoxy) is 1. The van der Waals surface area contributed by atoms with E-state index >= 15 is 0 Å². The molecule has 0 aromatic heterocycles. The van der Waals surface area contributed by atoms with Crippen LogP contribution < -0.4 is 14.9 Å². The zero-order valence-electron chi connectivity index (χ0n) is 15.8. The van der Waals surface area contributed by atoms with E-state index in [1.165, 1.54) is 25.3 Å². The summed E-state index contributed by atoms with van der Waals surface area (Å²) in [7, 11) is -2.31. The number of carbonyl (C=O) groups excluding carboxylic acids is 1. The lowest BCUT2D eigenvalue weighted by Gasteiger charge is -2.31. The Balaban J connectivity index is 1.46. The molecule has 2 aromatic rings. The molecule has 0 spiro atoms. The van der Waals surface area contributed by atoms with E-state index in [4.69, 9.17) is 4.74 Å². The van der Waals surface area contributed by atoms with E-state index in [2.05, 4.69) is 27.4 Å². The highest BCUT2D eigenvalue weighted by Crippen LogP contribution is 2.40. The summed E-state index contributed by atoms with van der Waals surface area (Å²) in [4.78, 5) is 12.4. The van der Waals surface area contributed by atoms with Gasteiger partial charge in [0.25, 0.3) is 15.9 Å². The molecule has 2 atom stereocenters. The van der Waals surface area contributed by atoms with Crippen LogP contribution in [0.3, 0.4) is 0 Å². The highest BCUT2D eigenvalue weighted by Gasteiger charge is 2.37. The highest BCUT2D eigenvalue weighted by molar-refractivity contribution is 7.92. The first-order chi connectivity index (χ1) is 14.0. The molecule has 2 N–H and O–H groups in total. The lowest BCUT2D eigenvalue weighted by molar-refractivity contribution is 0.0953. The van der Waals surface area contributed by atoms with Crippen molar-refractivity contribution in [3.8, 4) is 5.75 Å². The summed E-state index contributed by atoms with van der Waals surface area (Å²) in [5.41, 5.74) is 4.13. The number of rotatable bonds is 6. The fraction of sp³-hybridized carbons (Fsp3) is 0.238. The average molecular weight is 411 g/mol. The number of benzene rings is 2. The number of hydrogen-bond donors (Lipinski definition) is 2. The summed E-state index contributed by atoms with van der Waals surface area (Å²) >= 11 is 0. The summed E-state index contributed by atoms with van der Waals surface area (Å²) in [5, 5.41) is 4.21. The van der Waals surface area contributed by atoms with Crippen molar-refractivity contribution in [2.75, 3.05) is 11.8 Å². The molecule has 2 aliphatic rings. The van der Waals surface area contributed by atoms with Crippen LogP contribution in [0, 0.1) is 11.8 Å². The fourth-order valence-electron chi connectivity index (χ4n) is 3.53. The second-order valence-corrected chi connectivity index (χ2v) is 8.74. The van der Waals surface area contributed by atoms with Gasteiger partial charge in [-0.25, -0.2) is 13.8 Å². The number of nitrogens with zero attached hydrogens (tertiary/aromatic N) is 1. The maximum absolute atomic E-state index is 12.7. The predicted molar refractivity (Wildman–Crippen MR) is 110 cm³/mol. The van der Waals surface area contributed by atoms with Gasteiger partial charge in [-0.3, -0.25) is 9.52 Å². The van der Waals surface area contributed by atoms with Gasteiger partial charge >= 0.3 is 0 Å². The number of carbonyl (C=O) groups is 1. The molecule has 0 unspecified atom stereocenters. The molecule has 7 nitrogen and oxygen atoms in total. The quantitative estimate of drug-likeness (QED) is 0.564. The highest BCUT2D eigenvalue weighted by atomic mass is 32.2. The molecule has 2 aromatic carbocycles. The van der Waals surface area contributed by atoms with Gasteiger partial charge in [-0.05, 0) is 61.2 Å².